The number of guanidine groups is 1. The third-order valence-electron chi connectivity index (χ3n) is 4.45. The highest BCUT2D eigenvalue weighted by Crippen LogP contribution is 2.29. The Morgan fingerprint density at radius 1 is 1.21 bits per heavy atom. The fraction of sp³-hybridized carbons (Fsp3) is 0.944. The van der Waals surface area contributed by atoms with Crippen LogP contribution in [0.1, 0.15) is 52.9 Å². The monoisotopic (exact) mass is 452 g/mol. The minimum Gasteiger partial charge on any atom is -0.381 e. The van der Waals surface area contributed by atoms with Crippen LogP contribution in [0.25, 0.3) is 0 Å². The van der Waals surface area contributed by atoms with Crippen molar-refractivity contribution in [1.29, 1.82) is 0 Å². The van der Waals surface area contributed by atoms with Gasteiger partial charge in [0.25, 0.3) is 0 Å². The molecular weight excluding hydrogens is 415 g/mol. The van der Waals surface area contributed by atoms with Gasteiger partial charge >= 0.3 is 0 Å². The predicted molar refractivity (Wildman–Crippen MR) is 112 cm³/mol. The van der Waals surface area contributed by atoms with Gasteiger partial charge in [-0.2, -0.15) is 0 Å². The van der Waals surface area contributed by atoms with E-state index in [1.165, 1.54) is 25.7 Å². The van der Waals surface area contributed by atoms with E-state index in [1.54, 1.807) is 0 Å². The van der Waals surface area contributed by atoms with Crippen LogP contribution in [0.3, 0.4) is 0 Å². The molecule has 0 spiro atoms. The Hall–Kier alpha value is -0.0800. The van der Waals surface area contributed by atoms with Crippen LogP contribution in [-0.4, -0.2) is 62.3 Å². The van der Waals surface area contributed by atoms with Crippen molar-refractivity contribution in [3.63, 3.8) is 0 Å². The molecule has 0 unspecified atom stereocenters. The van der Waals surface area contributed by atoms with Gasteiger partial charge in [0.1, 0.15) is 0 Å². The molecule has 0 aromatic carbocycles. The summed E-state index contributed by atoms with van der Waals surface area (Å²) in [6.07, 6.45) is 6.46. The van der Waals surface area contributed by atoms with E-state index in [0.29, 0.717) is 6.04 Å². The maximum absolute atomic E-state index is 5.65. The molecule has 2 aliphatic rings. The van der Waals surface area contributed by atoms with Gasteiger partial charge < -0.3 is 15.4 Å². The molecule has 0 saturated heterocycles. The summed E-state index contributed by atoms with van der Waals surface area (Å²) in [6.45, 7) is 12.3. The zero-order chi connectivity index (χ0) is 16.5. The van der Waals surface area contributed by atoms with Gasteiger partial charge in [0.05, 0.1) is 0 Å². The highest BCUT2D eigenvalue weighted by Gasteiger charge is 2.30. The number of hydrogen-bond donors (Lipinski definition) is 2. The van der Waals surface area contributed by atoms with E-state index in [2.05, 4.69) is 41.3 Å². The fourth-order valence-corrected chi connectivity index (χ4v) is 2.81. The summed E-state index contributed by atoms with van der Waals surface area (Å²) in [4.78, 5) is 7.24. The zero-order valence-electron chi connectivity index (χ0n) is 15.7. The third-order valence-corrected chi connectivity index (χ3v) is 4.45. The third kappa shape index (κ3) is 9.42. The standard InChI is InChI=1S/C18H36N4O.HI/c1-4-19-18(20-10-5-13-23-14-16-6-7-16)21-11-12-22(15(2)3)17-8-9-17;/h15-17H,4-14H2,1-3H3,(H2,19,20,21);1H. The first-order chi connectivity index (χ1) is 11.2. The summed E-state index contributed by atoms with van der Waals surface area (Å²) >= 11 is 0. The lowest BCUT2D eigenvalue weighted by Crippen LogP contribution is -2.44. The number of nitrogens with one attached hydrogen (secondary N) is 2. The number of halogens is 1. The van der Waals surface area contributed by atoms with E-state index in [9.17, 15) is 0 Å². The Morgan fingerprint density at radius 3 is 2.54 bits per heavy atom. The summed E-state index contributed by atoms with van der Waals surface area (Å²) in [6, 6.07) is 1.45. The minimum atomic E-state index is 0. The fourth-order valence-electron chi connectivity index (χ4n) is 2.81. The first kappa shape index (κ1) is 22.0. The second kappa shape index (κ2) is 12.3. The summed E-state index contributed by atoms with van der Waals surface area (Å²) in [5.41, 5.74) is 0. The Balaban J connectivity index is 0.00000288. The van der Waals surface area contributed by atoms with Gasteiger partial charge in [0.2, 0.25) is 0 Å². The summed E-state index contributed by atoms with van der Waals surface area (Å²) in [5.74, 6) is 1.79. The first-order valence-corrected chi connectivity index (χ1v) is 9.56. The van der Waals surface area contributed by atoms with Crippen molar-refractivity contribution < 1.29 is 4.74 Å². The molecule has 2 rings (SSSR count). The molecule has 6 heteroatoms. The SMILES string of the molecule is CCNC(=NCCCOCC1CC1)NCCN(C(C)C)C1CC1.I. The molecule has 2 aliphatic carbocycles. The summed E-state index contributed by atoms with van der Waals surface area (Å²) in [5, 5.41) is 6.79. The number of aliphatic imine (C=N–C) groups is 1. The van der Waals surface area contributed by atoms with Crippen LogP contribution in [0.2, 0.25) is 0 Å². The van der Waals surface area contributed by atoms with E-state index >= 15 is 0 Å². The van der Waals surface area contributed by atoms with E-state index in [4.69, 9.17) is 4.74 Å². The van der Waals surface area contributed by atoms with E-state index in [1.807, 2.05) is 0 Å². The number of ether oxygens (including phenoxy) is 1. The smallest absolute Gasteiger partial charge is 0.191 e. The molecule has 0 aliphatic heterocycles. The van der Waals surface area contributed by atoms with Crippen LogP contribution in [0.5, 0.6) is 0 Å². The van der Waals surface area contributed by atoms with Crippen LogP contribution in [-0.2, 0) is 4.74 Å². The minimum absolute atomic E-state index is 0. The molecule has 2 saturated carbocycles. The van der Waals surface area contributed by atoms with Crippen molar-refractivity contribution in [2.24, 2.45) is 10.9 Å². The average molecular weight is 452 g/mol. The number of hydrogen-bond acceptors (Lipinski definition) is 3. The highest BCUT2D eigenvalue weighted by atomic mass is 127. The van der Waals surface area contributed by atoms with Gasteiger partial charge in [-0.15, -0.1) is 24.0 Å². The molecule has 0 heterocycles. The van der Waals surface area contributed by atoms with E-state index in [-0.39, 0.29) is 24.0 Å². The lowest BCUT2D eigenvalue weighted by molar-refractivity contribution is 0.123. The Morgan fingerprint density at radius 2 is 1.96 bits per heavy atom. The normalized spacial score (nSPS) is 18.0. The molecule has 0 amide bonds. The summed E-state index contributed by atoms with van der Waals surface area (Å²) < 4.78 is 5.65. The molecule has 2 fully saturated rings. The predicted octanol–water partition coefficient (Wildman–Crippen LogP) is 2.85. The quantitative estimate of drug-likeness (QED) is 0.207. The molecule has 0 aromatic heterocycles. The van der Waals surface area contributed by atoms with Crippen LogP contribution >= 0.6 is 24.0 Å². The van der Waals surface area contributed by atoms with Gasteiger partial charge in [0.15, 0.2) is 5.96 Å². The zero-order valence-corrected chi connectivity index (χ0v) is 18.1. The molecular formula is C18H37IN4O. The van der Waals surface area contributed by atoms with Crippen molar-refractivity contribution in [2.45, 2.75) is 65.0 Å². The summed E-state index contributed by atoms with van der Waals surface area (Å²) in [7, 11) is 0. The lowest BCUT2D eigenvalue weighted by Gasteiger charge is -2.26. The van der Waals surface area contributed by atoms with Crippen molar-refractivity contribution in [1.82, 2.24) is 15.5 Å². The molecule has 5 nitrogen and oxygen atoms in total. The van der Waals surface area contributed by atoms with Gasteiger partial charge in [-0.25, -0.2) is 0 Å². The van der Waals surface area contributed by atoms with Crippen LogP contribution in [0.4, 0.5) is 0 Å². The Bertz CT molecular complexity index is 355. The molecule has 0 aromatic rings. The molecule has 0 atom stereocenters. The first-order valence-electron chi connectivity index (χ1n) is 9.56. The van der Waals surface area contributed by atoms with Crippen molar-refractivity contribution >= 4 is 29.9 Å². The molecule has 24 heavy (non-hydrogen) atoms. The maximum atomic E-state index is 5.65. The topological polar surface area (TPSA) is 48.9 Å². The molecule has 0 bridgehead atoms. The molecule has 0 radical (unpaired) electrons. The van der Waals surface area contributed by atoms with E-state index < -0.39 is 0 Å². The van der Waals surface area contributed by atoms with Crippen LogP contribution in [0, 0.1) is 5.92 Å². The average Bonchev–Trinajstić information content (AvgIpc) is 3.40. The maximum Gasteiger partial charge on any atom is 0.191 e. The lowest BCUT2D eigenvalue weighted by atomic mass is 10.3. The van der Waals surface area contributed by atoms with Crippen molar-refractivity contribution in [3.8, 4) is 0 Å². The second-order valence-electron chi connectivity index (χ2n) is 7.12. The molecule has 2 N–H and O–H groups in total. The van der Waals surface area contributed by atoms with Crippen LogP contribution < -0.4 is 10.6 Å². The number of rotatable bonds is 12. The van der Waals surface area contributed by atoms with Gasteiger partial charge in [0, 0.05) is 51.5 Å². The Labute approximate surface area is 165 Å². The van der Waals surface area contributed by atoms with Gasteiger partial charge in [-0.3, -0.25) is 9.89 Å². The van der Waals surface area contributed by atoms with E-state index in [0.717, 1.165) is 63.7 Å². The molecule has 142 valence electrons. The second-order valence-corrected chi connectivity index (χ2v) is 7.12. The number of nitrogens with zero attached hydrogens (tertiary/aromatic N) is 2. The van der Waals surface area contributed by atoms with Crippen LogP contribution in [0.15, 0.2) is 4.99 Å². The van der Waals surface area contributed by atoms with Crippen molar-refractivity contribution in [3.05, 3.63) is 0 Å². The van der Waals surface area contributed by atoms with Crippen molar-refractivity contribution in [2.75, 3.05) is 39.4 Å². The van der Waals surface area contributed by atoms with Gasteiger partial charge in [-0.05, 0) is 58.8 Å². The van der Waals surface area contributed by atoms with Gasteiger partial charge in [-0.1, -0.05) is 0 Å². The highest BCUT2D eigenvalue weighted by molar-refractivity contribution is 14.0. The Kier molecular flexibility index (Phi) is 11.3. The largest absolute Gasteiger partial charge is 0.381 e.